The van der Waals surface area contributed by atoms with Gasteiger partial charge in [0.2, 0.25) is 0 Å². The van der Waals surface area contributed by atoms with E-state index < -0.39 is 0 Å². The summed E-state index contributed by atoms with van der Waals surface area (Å²) >= 11 is 1.33. The van der Waals surface area contributed by atoms with Gasteiger partial charge >= 0.3 is 77.2 Å². The molecule has 9 heavy (non-hydrogen) atoms. The van der Waals surface area contributed by atoms with Crippen LogP contribution < -0.4 is 0 Å². The van der Waals surface area contributed by atoms with Crippen LogP contribution in [0.4, 0.5) is 0 Å². The van der Waals surface area contributed by atoms with Gasteiger partial charge in [-0.2, -0.15) is 0 Å². The molecule has 0 unspecified atom stereocenters. The maximum absolute atomic E-state index is 2.33. The summed E-state index contributed by atoms with van der Waals surface area (Å²) < 4.78 is 0.514. The van der Waals surface area contributed by atoms with Crippen molar-refractivity contribution in [3.63, 3.8) is 0 Å². The van der Waals surface area contributed by atoms with Crippen molar-refractivity contribution in [2.24, 2.45) is 0 Å². The second-order valence-electron chi connectivity index (χ2n) is 2.58. The molecule has 0 spiro atoms. The first-order chi connectivity index (χ1) is 4.27. The average Bonchev–Trinajstić information content (AvgIpc) is 2.16. The third kappa shape index (κ3) is 2.02. The Hall–Kier alpha value is 0.584. The van der Waals surface area contributed by atoms with Crippen LogP contribution in [0.5, 0.6) is 0 Å². The summed E-state index contributed by atoms with van der Waals surface area (Å²) in [5.74, 6) is 0. The molecule has 44 valence electrons. The third-order valence-electron chi connectivity index (χ3n) is 1.61. The molecule has 1 heteroatoms. The Morgan fingerprint density at radius 1 is 1.33 bits per heavy atom. The van der Waals surface area contributed by atoms with E-state index in [1.807, 2.05) is 0 Å². The van der Waals surface area contributed by atoms with E-state index in [0.717, 1.165) is 0 Å². The van der Waals surface area contributed by atoms with Crippen LogP contribution in [0.25, 0.3) is 0 Å². The Morgan fingerprint density at radius 3 is 2.33 bits per heavy atom. The Kier molecular flexibility index (Phi) is 2.66. The Balaban J connectivity index is 2.53. The molecule has 0 saturated heterocycles. The van der Waals surface area contributed by atoms with Gasteiger partial charge in [0.05, 0.1) is 0 Å². The zero-order valence-electron chi connectivity index (χ0n) is 5.80. The van der Waals surface area contributed by atoms with E-state index in [2.05, 4.69) is 31.2 Å². The molecule has 0 atom stereocenters. The number of hydrogen-bond acceptors (Lipinski definition) is 0. The molecule has 0 aromatic heterocycles. The summed E-state index contributed by atoms with van der Waals surface area (Å²) in [6.45, 7) is 2.25. The van der Waals surface area contributed by atoms with Crippen molar-refractivity contribution in [2.75, 3.05) is 0 Å². The summed E-state index contributed by atoms with van der Waals surface area (Å²) in [7, 11) is 0. The fourth-order valence-corrected chi connectivity index (χ4v) is 2.38. The summed E-state index contributed by atoms with van der Waals surface area (Å²) in [4.78, 5) is 0. The molecular weight excluding hydrogens is 185 g/mol. The third-order valence-corrected chi connectivity index (χ3v) is 3.26. The van der Waals surface area contributed by atoms with Crippen LogP contribution in [0.1, 0.15) is 19.8 Å². The van der Waals surface area contributed by atoms with Crippen molar-refractivity contribution in [1.29, 1.82) is 0 Å². The van der Waals surface area contributed by atoms with Gasteiger partial charge in [-0.1, -0.05) is 0 Å². The monoisotopic (exact) mass is 196 g/mol. The first-order valence-electron chi connectivity index (χ1n) is 3.43. The first kappa shape index (κ1) is 7.69. The van der Waals surface area contributed by atoms with Crippen LogP contribution in [0.15, 0.2) is 24.3 Å². The van der Waals surface area contributed by atoms with Crippen molar-refractivity contribution in [3.8, 4) is 0 Å². The molecule has 0 aliphatic heterocycles. The van der Waals surface area contributed by atoms with Gasteiger partial charge in [0.15, 0.2) is 0 Å². The van der Waals surface area contributed by atoms with E-state index in [-0.39, 0.29) is 0 Å². The van der Waals surface area contributed by atoms with Gasteiger partial charge in [-0.25, -0.2) is 0 Å². The molecular formula is C8H11Y+2. The van der Waals surface area contributed by atoms with Crippen molar-refractivity contribution in [1.82, 2.24) is 0 Å². The molecule has 0 bridgehead atoms. The second kappa shape index (κ2) is 3.12. The van der Waals surface area contributed by atoms with Gasteiger partial charge in [-0.15, -0.1) is 0 Å². The fourth-order valence-electron chi connectivity index (χ4n) is 1.12. The zero-order chi connectivity index (χ0) is 6.74. The van der Waals surface area contributed by atoms with E-state index in [4.69, 9.17) is 0 Å². The van der Waals surface area contributed by atoms with Crippen LogP contribution in [0, 0.1) is 0 Å². The number of allylic oxidation sites excluding steroid dienone is 4. The van der Waals surface area contributed by atoms with E-state index in [0.29, 0.717) is 2.23 Å². The molecule has 0 N–H and O–H groups in total. The van der Waals surface area contributed by atoms with Gasteiger partial charge in [0.1, 0.15) is 0 Å². The Bertz CT molecular complexity index is 133. The summed E-state index contributed by atoms with van der Waals surface area (Å²) in [6.07, 6.45) is 11.6. The molecule has 1 rings (SSSR count). The van der Waals surface area contributed by atoms with E-state index >= 15 is 0 Å². The minimum absolute atomic E-state index is 0.514. The molecule has 0 saturated carbocycles. The van der Waals surface area contributed by atoms with Crippen molar-refractivity contribution < 1.29 is 31.0 Å². The molecule has 1 aliphatic carbocycles. The van der Waals surface area contributed by atoms with Gasteiger partial charge in [0.25, 0.3) is 0 Å². The standard InChI is InChI=1S/C8H11.Y/c1-2-5-8-6-3-4-7-8;/h3-4,6-7H,2,5H2,1H3;/q;+2. The number of hydrogen-bond donors (Lipinski definition) is 0. The van der Waals surface area contributed by atoms with Crippen molar-refractivity contribution >= 4 is 0 Å². The van der Waals surface area contributed by atoms with Crippen molar-refractivity contribution in [2.45, 2.75) is 22.0 Å². The van der Waals surface area contributed by atoms with Crippen LogP contribution in [0.3, 0.4) is 0 Å². The quantitative estimate of drug-likeness (QED) is 0.636. The predicted molar refractivity (Wildman–Crippen MR) is 35.9 cm³/mol. The molecule has 0 nitrogen and oxygen atoms in total. The van der Waals surface area contributed by atoms with E-state index in [9.17, 15) is 0 Å². The van der Waals surface area contributed by atoms with Gasteiger partial charge in [-0.05, 0) is 0 Å². The SMILES string of the molecule is CCC[C]1([Y+2])C=CC=C1. The van der Waals surface area contributed by atoms with Crippen molar-refractivity contribution in [3.05, 3.63) is 24.3 Å². The van der Waals surface area contributed by atoms with Crippen LogP contribution in [0.2, 0.25) is 2.23 Å². The topological polar surface area (TPSA) is 0 Å². The molecule has 1 aliphatic rings. The molecule has 0 heterocycles. The van der Waals surface area contributed by atoms with E-state index in [1.165, 1.54) is 43.8 Å². The van der Waals surface area contributed by atoms with Gasteiger partial charge in [-0.3, -0.25) is 0 Å². The molecule has 0 aromatic carbocycles. The second-order valence-corrected chi connectivity index (χ2v) is 5.22. The van der Waals surface area contributed by atoms with E-state index in [1.54, 1.807) is 0 Å². The normalized spacial score (nSPS) is 21.2. The molecule has 0 radical (unpaired) electrons. The molecule has 0 fully saturated rings. The zero-order valence-corrected chi connectivity index (χ0v) is 8.64. The molecule has 0 aromatic rings. The van der Waals surface area contributed by atoms with Gasteiger partial charge < -0.3 is 0 Å². The minimum atomic E-state index is 0.514. The average molecular weight is 196 g/mol. The summed E-state index contributed by atoms with van der Waals surface area (Å²) in [5.41, 5.74) is 0. The Morgan fingerprint density at radius 2 is 1.89 bits per heavy atom. The van der Waals surface area contributed by atoms with Crippen LogP contribution in [-0.2, 0) is 31.0 Å². The first-order valence-corrected chi connectivity index (χ1v) is 4.85. The summed E-state index contributed by atoms with van der Waals surface area (Å²) in [5, 5.41) is 0. The fraction of sp³-hybridized carbons (Fsp3) is 0.500. The number of rotatable bonds is 2. The predicted octanol–water partition coefficient (Wildman–Crippen LogP) is 2.62. The molecule has 0 amide bonds. The van der Waals surface area contributed by atoms with Gasteiger partial charge in [0, 0.05) is 0 Å². The summed E-state index contributed by atoms with van der Waals surface area (Å²) in [6, 6.07) is 0. The van der Waals surface area contributed by atoms with Crippen LogP contribution in [-0.4, -0.2) is 0 Å². The Labute approximate surface area is 76.8 Å². The maximum atomic E-state index is 2.33. The van der Waals surface area contributed by atoms with Crippen LogP contribution >= 0.6 is 0 Å².